The summed E-state index contributed by atoms with van der Waals surface area (Å²) >= 11 is 0. The van der Waals surface area contributed by atoms with E-state index in [1.807, 2.05) is 6.92 Å². The molecule has 0 aromatic heterocycles. The fourth-order valence-corrected chi connectivity index (χ4v) is 0.335. The van der Waals surface area contributed by atoms with Crippen LogP contribution in [0.2, 0.25) is 0 Å². The van der Waals surface area contributed by atoms with E-state index in [4.69, 9.17) is 0 Å². The quantitative estimate of drug-likeness (QED) is 0.326. The van der Waals surface area contributed by atoms with Gasteiger partial charge in [0.1, 0.15) is 0 Å². The zero-order chi connectivity index (χ0) is 7.11. The summed E-state index contributed by atoms with van der Waals surface area (Å²) in [5.41, 5.74) is 0. The predicted octanol–water partition coefficient (Wildman–Crippen LogP) is 1.64. The molecule has 0 aromatic carbocycles. The van der Waals surface area contributed by atoms with Crippen LogP contribution >= 0.6 is 0 Å². The van der Waals surface area contributed by atoms with Gasteiger partial charge >= 0.3 is 5.97 Å². The third kappa shape index (κ3) is 4.81. The van der Waals surface area contributed by atoms with Gasteiger partial charge < -0.3 is 4.74 Å². The van der Waals surface area contributed by atoms with E-state index in [0.29, 0.717) is 0 Å². The first-order chi connectivity index (χ1) is 4.31. The molecule has 50 valence electrons. The monoisotopic (exact) mass is 126 g/mol. The van der Waals surface area contributed by atoms with Crippen molar-refractivity contribution in [1.82, 2.24) is 0 Å². The van der Waals surface area contributed by atoms with Gasteiger partial charge in [0.15, 0.2) is 0 Å². The number of carbonyl (C=O) groups excluding carboxylic acids is 1. The topological polar surface area (TPSA) is 26.3 Å². The predicted molar refractivity (Wildman–Crippen MR) is 35.7 cm³/mol. The summed E-state index contributed by atoms with van der Waals surface area (Å²) in [4.78, 5) is 10.4. The fourth-order valence-electron chi connectivity index (χ4n) is 0.335. The van der Waals surface area contributed by atoms with Crippen molar-refractivity contribution >= 4 is 5.97 Å². The summed E-state index contributed by atoms with van der Waals surface area (Å²) in [5.74, 6) is -0.369. The molecule has 0 spiro atoms. The molecule has 0 amide bonds. The van der Waals surface area contributed by atoms with Gasteiger partial charge in [-0.3, -0.25) is 0 Å². The molecule has 0 saturated heterocycles. The first kappa shape index (κ1) is 7.95. The van der Waals surface area contributed by atoms with Gasteiger partial charge in [-0.2, -0.15) is 0 Å². The smallest absolute Gasteiger partial charge is 0.335 e. The van der Waals surface area contributed by atoms with Gasteiger partial charge in [-0.15, -0.1) is 0 Å². The number of allylic oxidation sites excluding steroid dienone is 1. The second-order valence-electron chi connectivity index (χ2n) is 1.41. The average molecular weight is 126 g/mol. The maximum absolute atomic E-state index is 10.4. The summed E-state index contributed by atoms with van der Waals surface area (Å²) in [5, 5.41) is 0. The lowest BCUT2D eigenvalue weighted by molar-refractivity contribution is -0.132. The summed E-state index contributed by atoms with van der Waals surface area (Å²) in [6.45, 7) is 5.17. The Morgan fingerprint density at radius 2 is 2.44 bits per heavy atom. The van der Waals surface area contributed by atoms with E-state index in [-0.39, 0.29) is 5.97 Å². The van der Waals surface area contributed by atoms with Gasteiger partial charge in [0.05, 0.1) is 6.26 Å². The Bertz CT molecular complexity index is 125. The standard InChI is InChI=1S/C7H10O2/c1-3-5-6-7(8)9-4-2/h4-6H,2-3H2,1H3/b6-5+. The lowest BCUT2D eigenvalue weighted by Gasteiger charge is -1.87. The van der Waals surface area contributed by atoms with Gasteiger partial charge in [0.25, 0.3) is 0 Å². The van der Waals surface area contributed by atoms with E-state index in [9.17, 15) is 4.79 Å². The zero-order valence-electron chi connectivity index (χ0n) is 5.46. The van der Waals surface area contributed by atoms with Crippen LogP contribution in [0.1, 0.15) is 13.3 Å². The molecular weight excluding hydrogens is 116 g/mol. The molecule has 0 rings (SSSR count). The van der Waals surface area contributed by atoms with Gasteiger partial charge in [-0.25, -0.2) is 4.79 Å². The minimum Gasteiger partial charge on any atom is -0.432 e. The number of rotatable bonds is 3. The lowest BCUT2D eigenvalue weighted by Crippen LogP contribution is -1.91. The lowest BCUT2D eigenvalue weighted by atomic mass is 10.4. The summed E-state index contributed by atoms with van der Waals surface area (Å²) in [6, 6.07) is 0. The normalized spacial score (nSPS) is 9.44. The highest BCUT2D eigenvalue weighted by Crippen LogP contribution is 1.83. The maximum Gasteiger partial charge on any atom is 0.335 e. The Hall–Kier alpha value is -1.05. The number of carbonyl (C=O) groups is 1. The number of ether oxygens (including phenoxy) is 1. The summed E-state index contributed by atoms with van der Waals surface area (Å²) < 4.78 is 4.38. The van der Waals surface area contributed by atoms with Crippen molar-refractivity contribution in [3.05, 3.63) is 25.0 Å². The van der Waals surface area contributed by atoms with Crippen LogP contribution in [-0.4, -0.2) is 5.97 Å². The van der Waals surface area contributed by atoms with Crippen molar-refractivity contribution < 1.29 is 9.53 Å². The Morgan fingerprint density at radius 1 is 1.78 bits per heavy atom. The second-order valence-corrected chi connectivity index (χ2v) is 1.41. The van der Waals surface area contributed by atoms with Crippen LogP contribution in [0, 0.1) is 0 Å². The highest BCUT2D eigenvalue weighted by molar-refractivity contribution is 5.82. The largest absolute Gasteiger partial charge is 0.432 e. The molecule has 0 bridgehead atoms. The van der Waals surface area contributed by atoms with Gasteiger partial charge in [-0.1, -0.05) is 19.6 Å². The molecule has 0 N–H and O–H groups in total. The van der Waals surface area contributed by atoms with E-state index in [1.54, 1.807) is 6.08 Å². The van der Waals surface area contributed by atoms with Crippen LogP contribution in [0.3, 0.4) is 0 Å². The van der Waals surface area contributed by atoms with Crippen molar-refractivity contribution in [2.75, 3.05) is 0 Å². The van der Waals surface area contributed by atoms with Crippen molar-refractivity contribution in [1.29, 1.82) is 0 Å². The fraction of sp³-hybridized carbons (Fsp3) is 0.286. The molecule has 0 fully saturated rings. The highest BCUT2D eigenvalue weighted by atomic mass is 16.5. The molecule has 0 aromatic rings. The van der Waals surface area contributed by atoms with E-state index in [2.05, 4.69) is 11.3 Å². The van der Waals surface area contributed by atoms with Gasteiger partial charge in [-0.05, 0) is 6.42 Å². The van der Waals surface area contributed by atoms with E-state index in [0.717, 1.165) is 12.7 Å². The number of esters is 1. The SMILES string of the molecule is C=COC(=O)/C=C/CC. The van der Waals surface area contributed by atoms with Crippen molar-refractivity contribution in [2.45, 2.75) is 13.3 Å². The van der Waals surface area contributed by atoms with Crippen LogP contribution < -0.4 is 0 Å². The molecule has 2 nitrogen and oxygen atoms in total. The number of hydrogen-bond donors (Lipinski definition) is 0. The molecular formula is C7H10O2. The molecule has 0 radical (unpaired) electrons. The third-order valence-electron chi connectivity index (χ3n) is 0.689. The summed E-state index contributed by atoms with van der Waals surface area (Å²) in [7, 11) is 0. The third-order valence-corrected chi connectivity index (χ3v) is 0.689. The minimum atomic E-state index is -0.369. The van der Waals surface area contributed by atoms with Crippen molar-refractivity contribution in [3.63, 3.8) is 0 Å². The molecule has 0 aliphatic rings. The Kier molecular flexibility index (Phi) is 4.50. The van der Waals surface area contributed by atoms with Crippen LogP contribution in [0.4, 0.5) is 0 Å². The van der Waals surface area contributed by atoms with Crippen molar-refractivity contribution in [2.24, 2.45) is 0 Å². The molecule has 9 heavy (non-hydrogen) atoms. The van der Waals surface area contributed by atoms with Crippen LogP contribution in [0.15, 0.2) is 25.0 Å². The van der Waals surface area contributed by atoms with E-state index < -0.39 is 0 Å². The van der Waals surface area contributed by atoms with E-state index >= 15 is 0 Å². The Balaban J connectivity index is 3.49. The second kappa shape index (κ2) is 5.09. The molecule has 0 saturated carbocycles. The molecule has 0 aliphatic carbocycles. The molecule has 2 heteroatoms. The van der Waals surface area contributed by atoms with Crippen LogP contribution in [0.25, 0.3) is 0 Å². The van der Waals surface area contributed by atoms with Crippen LogP contribution in [0.5, 0.6) is 0 Å². The Labute approximate surface area is 54.8 Å². The first-order valence-electron chi connectivity index (χ1n) is 2.79. The van der Waals surface area contributed by atoms with Gasteiger partial charge in [0.2, 0.25) is 0 Å². The zero-order valence-corrected chi connectivity index (χ0v) is 5.46. The van der Waals surface area contributed by atoms with E-state index in [1.165, 1.54) is 6.08 Å². The highest BCUT2D eigenvalue weighted by Gasteiger charge is 1.87. The molecule has 0 atom stereocenters. The van der Waals surface area contributed by atoms with Crippen LogP contribution in [-0.2, 0) is 9.53 Å². The number of hydrogen-bond acceptors (Lipinski definition) is 2. The average Bonchev–Trinajstić information content (AvgIpc) is 1.85. The first-order valence-corrected chi connectivity index (χ1v) is 2.79. The minimum absolute atomic E-state index is 0.369. The molecule has 0 aliphatic heterocycles. The van der Waals surface area contributed by atoms with Gasteiger partial charge in [0, 0.05) is 6.08 Å². The molecule has 0 unspecified atom stereocenters. The molecule has 0 heterocycles. The maximum atomic E-state index is 10.4. The summed E-state index contributed by atoms with van der Waals surface area (Å²) in [6.07, 6.45) is 5.06. The Morgan fingerprint density at radius 3 is 2.89 bits per heavy atom. The van der Waals surface area contributed by atoms with Crippen molar-refractivity contribution in [3.8, 4) is 0 Å².